The van der Waals surface area contributed by atoms with E-state index in [-0.39, 0.29) is 0 Å². The molecule has 2 nitrogen and oxygen atoms in total. The Balaban J connectivity index is 2.44. The van der Waals surface area contributed by atoms with E-state index in [1.54, 1.807) is 0 Å². The highest BCUT2D eigenvalue weighted by Gasteiger charge is 2.02. The van der Waals surface area contributed by atoms with Crippen LogP contribution in [0.4, 0.5) is 0 Å². The minimum absolute atomic E-state index is 0.551. The summed E-state index contributed by atoms with van der Waals surface area (Å²) in [4.78, 5) is 4.41. The molecule has 1 heterocycles. The molecule has 0 aliphatic heterocycles. The van der Waals surface area contributed by atoms with E-state index in [2.05, 4.69) is 35.4 Å². The standard InChI is InChI=1S/C14H15ClN2/c1-10-5-6-11-9-12(4-3-7-16-2)14(15)17-13(11)8-10/h3-6,8-9,16H,7H2,1-2H3. The fourth-order valence-corrected chi connectivity index (χ4v) is 1.90. The van der Waals surface area contributed by atoms with Crippen LogP contribution in [0.2, 0.25) is 5.15 Å². The van der Waals surface area contributed by atoms with Gasteiger partial charge in [-0.15, -0.1) is 0 Å². The van der Waals surface area contributed by atoms with Gasteiger partial charge in [0.2, 0.25) is 0 Å². The van der Waals surface area contributed by atoms with E-state index in [9.17, 15) is 0 Å². The first-order valence-electron chi connectivity index (χ1n) is 5.59. The van der Waals surface area contributed by atoms with E-state index in [0.29, 0.717) is 5.15 Å². The second-order valence-electron chi connectivity index (χ2n) is 4.02. The summed E-state index contributed by atoms with van der Waals surface area (Å²) >= 11 is 6.15. The number of benzene rings is 1. The van der Waals surface area contributed by atoms with Gasteiger partial charge in [0.25, 0.3) is 0 Å². The second-order valence-corrected chi connectivity index (χ2v) is 4.38. The molecular weight excluding hydrogens is 232 g/mol. The van der Waals surface area contributed by atoms with Gasteiger partial charge in [0.1, 0.15) is 5.15 Å². The number of hydrogen-bond donors (Lipinski definition) is 1. The van der Waals surface area contributed by atoms with E-state index in [1.165, 1.54) is 5.56 Å². The van der Waals surface area contributed by atoms with Gasteiger partial charge in [-0.05, 0) is 31.7 Å². The monoisotopic (exact) mass is 246 g/mol. The zero-order valence-corrected chi connectivity index (χ0v) is 10.8. The number of fused-ring (bicyclic) bond motifs is 1. The maximum absolute atomic E-state index is 6.15. The Labute approximate surface area is 106 Å². The number of likely N-dealkylation sites (N-methyl/N-ethyl adjacent to an activating group) is 1. The molecule has 0 atom stereocenters. The zero-order valence-electron chi connectivity index (χ0n) is 10.00. The van der Waals surface area contributed by atoms with Crippen molar-refractivity contribution in [1.82, 2.24) is 10.3 Å². The normalized spacial score (nSPS) is 11.5. The highest BCUT2D eigenvalue weighted by atomic mass is 35.5. The van der Waals surface area contributed by atoms with E-state index < -0.39 is 0 Å². The Hall–Kier alpha value is -1.38. The third kappa shape index (κ3) is 2.84. The molecule has 0 fully saturated rings. The number of nitrogens with zero attached hydrogens (tertiary/aromatic N) is 1. The summed E-state index contributed by atoms with van der Waals surface area (Å²) < 4.78 is 0. The van der Waals surface area contributed by atoms with Crippen LogP contribution in [0.15, 0.2) is 30.3 Å². The van der Waals surface area contributed by atoms with Crippen LogP contribution in [0.25, 0.3) is 17.0 Å². The molecule has 2 rings (SSSR count). The van der Waals surface area contributed by atoms with E-state index >= 15 is 0 Å². The van der Waals surface area contributed by atoms with Gasteiger partial charge in [-0.2, -0.15) is 0 Å². The lowest BCUT2D eigenvalue weighted by molar-refractivity contribution is 0.922. The summed E-state index contributed by atoms with van der Waals surface area (Å²) in [6, 6.07) is 8.26. The van der Waals surface area contributed by atoms with Crippen LogP contribution in [0, 0.1) is 6.92 Å². The van der Waals surface area contributed by atoms with Gasteiger partial charge in [-0.1, -0.05) is 35.9 Å². The molecule has 2 aromatic rings. The number of aromatic nitrogens is 1. The van der Waals surface area contributed by atoms with E-state index in [4.69, 9.17) is 11.6 Å². The summed E-state index contributed by atoms with van der Waals surface area (Å²) in [5.41, 5.74) is 3.10. The second kappa shape index (κ2) is 5.30. The lowest BCUT2D eigenvalue weighted by atomic mass is 10.1. The highest BCUT2D eigenvalue weighted by molar-refractivity contribution is 6.31. The molecular formula is C14H15ClN2. The molecule has 0 saturated carbocycles. The average Bonchev–Trinajstić information content (AvgIpc) is 2.30. The Bertz CT molecular complexity index is 561. The van der Waals surface area contributed by atoms with Crippen LogP contribution >= 0.6 is 11.6 Å². The Morgan fingerprint density at radius 2 is 2.18 bits per heavy atom. The molecule has 0 saturated heterocycles. The number of pyridine rings is 1. The largest absolute Gasteiger partial charge is 0.316 e. The maximum Gasteiger partial charge on any atom is 0.136 e. The fourth-order valence-electron chi connectivity index (χ4n) is 1.69. The SMILES string of the molecule is CNCC=Cc1cc2ccc(C)cc2nc1Cl. The topological polar surface area (TPSA) is 24.9 Å². The van der Waals surface area contributed by atoms with Gasteiger partial charge in [0.15, 0.2) is 0 Å². The van der Waals surface area contributed by atoms with Crippen molar-refractivity contribution in [1.29, 1.82) is 0 Å². The summed E-state index contributed by atoms with van der Waals surface area (Å²) in [5.74, 6) is 0. The Morgan fingerprint density at radius 1 is 1.35 bits per heavy atom. The van der Waals surface area contributed by atoms with Crippen molar-refractivity contribution in [2.45, 2.75) is 6.92 Å². The molecule has 1 aromatic heterocycles. The van der Waals surface area contributed by atoms with E-state index in [0.717, 1.165) is 23.0 Å². The highest BCUT2D eigenvalue weighted by Crippen LogP contribution is 2.22. The number of aryl methyl sites for hydroxylation is 1. The first kappa shape index (κ1) is 12.1. The maximum atomic E-state index is 6.15. The Morgan fingerprint density at radius 3 is 2.94 bits per heavy atom. The number of halogens is 1. The van der Waals surface area contributed by atoms with Crippen LogP contribution in [-0.4, -0.2) is 18.6 Å². The van der Waals surface area contributed by atoms with Crippen LogP contribution in [0.5, 0.6) is 0 Å². The quantitative estimate of drug-likeness (QED) is 0.840. The van der Waals surface area contributed by atoms with Crippen LogP contribution in [0.1, 0.15) is 11.1 Å². The summed E-state index contributed by atoms with van der Waals surface area (Å²) in [6.45, 7) is 2.87. The lowest BCUT2D eigenvalue weighted by Gasteiger charge is -2.03. The molecule has 1 N–H and O–H groups in total. The van der Waals surface area contributed by atoms with Crippen LogP contribution in [-0.2, 0) is 0 Å². The van der Waals surface area contributed by atoms with Gasteiger partial charge in [0.05, 0.1) is 5.52 Å². The lowest BCUT2D eigenvalue weighted by Crippen LogP contribution is -2.03. The molecule has 0 amide bonds. The molecule has 17 heavy (non-hydrogen) atoms. The predicted molar refractivity (Wildman–Crippen MR) is 74.5 cm³/mol. The zero-order chi connectivity index (χ0) is 12.3. The van der Waals surface area contributed by atoms with Crippen molar-refractivity contribution in [3.8, 4) is 0 Å². The average molecular weight is 247 g/mol. The van der Waals surface area contributed by atoms with E-state index in [1.807, 2.05) is 25.3 Å². The van der Waals surface area contributed by atoms with Crippen LogP contribution < -0.4 is 5.32 Å². The van der Waals surface area contributed by atoms with Crippen molar-refractivity contribution in [3.63, 3.8) is 0 Å². The van der Waals surface area contributed by atoms with Crippen molar-refractivity contribution in [2.24, 2.45) is 0 Å². The number of hydrogen-bond acceptors (Lipinski definition) is 2. The van der Waals surface area contributed by atoms with Gasteiger partial charge in [-0.25, -0.2) is 4.98 Å². The van der Waals surface area contributed by atoms with Crippen LogP contribution in [0.3, 0.4) is 0 Å². The van der Waals surface area contributed by atoms with Crippen molar-refractivity contribution in [3.05, 3.63) is 46.6 Å². The molecule has 1 aromatic carbocycles. The third-order valence-electron chi connectivity index (χ3n) is 2.57. The number of rotatable bonds is 3. The first-order valence-corrected chi connectivity index (χ1v) is 5.96. The predicted octanol–water partition coefficient (Wildman–Crippen LogP) is 3.43. The molecule has 0 aliphatic carbocycles. The number of nitrogens with one attached hydrogen (secondary N) is 1. The Kier molecular flexibility index (Phi) is 3.77. The third-order valence-corrected chi connectivity index (χ3v) is 2.88. The van der Waals surface area contributed by atoms with Crippen molar-refractivity contribution in [2.75, 3.05) is 13.6 Å². The first-order chi connectivity index (χ1) is 8.20. The molecule has 3 heteroatoms. The van der Waals surface area contributed by atoms with Gasteiger partial charge in [0, 0.05) is 17.5 Å². The van der Waals surface area contributed by atoms with Gasteiger partial charge >= 0.3 is 0 Å². The molecule has 0 unspecified atom stereocenters. The smallest absolute Gasteiger partial charge is 0.136 e. The molecule has 0 aliphatic rings. The summed E-state index contributed by atoms with van der Waals surface area (Å²) in [7, 11) is 1.91. The molecule has 88 valence electrons. The molecule has 0 radical (unpaired) electrons. The summed E-state index contributed by atoms with van der Waals surface area (Å²) in [5, 5.41) is 4.72. The fraction of sp³-hybridized carbons (Fsp3) is 0.214. The van der Waals surface area contributed by atoms with Crippen molar-refractivity contribution >= 4 is 28.6 Å². The molecule has 0 spiro atoms. The minimum Gasteiger partial charge on any atom is -0.316 e. The van der Waals surface area contributed by atoms with Gasteiger partial charge in [-0.3, -0.25) is 0 Å². The van der Waals surface area contributed by atoms with Crippen molar-refractivity contribution < 1.29 is 0 Å². The summed E-state index contributed by atoms with van der Waals surface area (Å²) in [6.07, 6.45) is 4.02. The van der Waals surface area contributed by atoms with Gasteiger partial charge < -0.3 is 5.32 Å². The minimum atomic E-state index is 0.551. The molecule has 0 bridgehead atoms.